The van der Waals surface area contributed by atoms with Crippen molar-refractivity contribution in [3.63, 3.8) is 0 Å². The predicted octanol–water partition coefficient (Wildman–Crippen LogP) is 1.42. The van der Waals surface area contributed by atoms with Crippen LogP contribution in [0.4, 0.5) is 5.82 Å². The minimum Gasteiger partial charge on any atom is -0.370 e. The molecule has 1 aromatic heterocycles. The number of carbonyl (C=O) groups excluding carboxylic acids is 1. The first-order valence-corrected chi connectivity index (χ1v) is 5.45. The maximum absolute atomic E-state index is 10.9. The number of primary amides is 1. The molecule has 0 spiro atoms. The van der Waals surface area contributed by atoms with Crippen LogP contribution >= 0.6 is 0 Å². The number of carbonyl (C=O) groups is 1. The highest BCUT2D eigenvalue weighted by atomic mass is 16.1. The molecule has 0 aliphatic rings. The normalized spacial score (nSPS) is 10.4. The molecule has 16 heavy (non-hydrogen) atoms. The second kappa shape index (κ2) is 6.05. The highest BCUT2D eigenvalue weighted by molar-refractivity contribution is 5.91. The van der Waals surface area contributed by atoms with Crippen molar-refractivity contribution in [2.75, 3.05) is 11.9 Å². The summed E-state index contributed by atoms with van der Waals surface area (Å²) in [5, 5.41) is 3.14. The number of aromatic nitrogens is 2. The summed E-state index contributed by atoms with van der Waals surface area (Å²) in [4.78, 5) is 18.7. The summed E-state index contributed by atoms with van der Waals surface area (Å²) < 4.78 is 0. The molecule has 1 rings (SSSR count). The van der Waals surface area contributed by atoms with Gasteiger partial charge in [0.25, 0.3) is 5.91 Å². The fourth-order valence-electron chi connectivity index (χ4n) is 1.32. The summed E-state index contributed by atoms with van der Waals surface area (Å²) >= 11 is 0. The molecule has 1 aromatic rings. The van der Waals surface area contributed by atoms with Crippen molar-refractivity contribution in [1.29, 1.82) is 0 Å². The molecule has 0 fully saturated rings. The SMILES string of the molecule is CC(C)CCCNc1cc(C(N)=O)ncn1. The third kappa shape index (κ3) is 4.25. The zero-order chi connectivity index (χ0) is 12.0. The van der Waals surface area contributed by atoms with E-state index in [0.717, 1.165) is 13.0 Å². The van der Waals surface area contributed by atoms with Gasteiger partial charge in [0, 0.05) is 12.6 Å². The van der Waals surface area contributed by atoms with Gasteiger partial charge in [0.05, 0.1) is 0 Å². The number of nitrogens with one attached hydrogen (secondary N) is 1. The first-order valence-electron chi connectivity index (χ1n) is 5.45. The third-order valence-corrected chi connectivity index (χ3v) is 2.18. The zero-order valence-electron chi connectivity index (χ0n) is 9.73. The van der Waals surface area contributed by atoms with Crippen molar-refractivity contribution in [2.45, 2.75) is 26.7 Å². The molecule has 0 bridgehead atoms. The van der Waals surface area contributed by atoms with Crippen LogP contribution in [0.5, 0.6) is 0 Å². The second-order valence-corrected chi connectivity index (χ2v) is 4.12. The van der Waals surface area contributed by atoms with E-state index in [1.807, 2.05) is 0 Å². The molecular formula is C11H18N4O. The molecule has 88 valence electrons. The van der Waals surface area contributed by atoms with E-state index < -0.39 is 5.91 Å². The average Bonchev–Trinajstić information content (AvgIpc) is 2.24. The lowest BCUT2D eigenvalue weighted by Gasteiger charge is -2.07. The molecule has 3 N–H and O–H groups in total. The quantitative estimate of drug-likeness (QED) is 0.713. The maximum Gasteiger partial charge on any atom is 0.267 e. The van der Waals surface area contributed by atoms with E-state index in [4.69, 9.17) is 5.73 Å². The van der Waals surface area contributed by atoms with E-state index in [0.29, 0.717) is 11.7 Å². The van der Waals surface area contributed by atoms with Gasteiger partial charge >= 0.3 is 0 Å². The molecule has 0 radical (unpaired) electrons. The molecule has 1 amide bonds. The molecule has 0 saturated heterocycles. The Morgan fingerprint density at radius 2 is 2.25 bits per heavy atom. The zero-order valence-corrected chi connectivity index (χ0v) is 9.73. The van der Waals surface area contributed by atoms with Crippen LogP contribution in [0.3, 0.4) is 0 Å². The Bertz CT molecular complexity index is 352. The van der Waals surface area contributed by atoms with Crippen molar-refractivity contribution in [3.8, 4) is 0 Å². The number of hydrogen-bond donors (Lipinski definition) is 2. The van der Waals surface area contributed by atoms with Gasteiger partial charge < -0.3 is 11.1 Å². The van der Waals surface area contributed by atoms with Crippen molar-refractivity contribution in [2.24, 2.45) is 11.7 Å². The van der Waals surface area contributed by atoms with Gasteiger partial charge in [-0.25, -0.2) is 9.97 Å². The lowest BCUT2D eigenvalue weighted by atomic mass is 10.1. The van der Waals surface area contributed by atoms with E-state index in [1.165, 1.54) is 12.7 Å². The Kier molecular flexibility index (Phi) is 4.69. The summed E-state index contributed by atoms with van der Waals surface area (Å²) in [6, 6.07) is 1.57. The van der Waals surface area contributed by atoms with E-state index in [-0.39, 0.29) is 5.69 Å². The summed E-state index contributed by atoms with van der Waals surface area (Å²) in [5.74, 6) is 0.813. The second-order valence-electron chi connectivity index (χ2n) is 4.12. The monoisotopic (exact) mass is 222 g/mol. The van der Waals surface area contributed by atoms with Crippen LogP contribution in [-0.4, -0.2) is 22.4 Å². The van der Waals surface area contributed by atoms with Crippen molar-refractivity contribution in [1.82, 2.24) is 9.97 Å². The van der Waals surface area contributed by atoms with E-state index >= 15 is 0 Å². The van der Waals surface area contributed by atoms with E-state index in [2.05, 4.69) is 29.1 Å². The molecule has 1 heterocycles. The van der Waals surface area contributed by atoms with Gasteiger partial charge in [-0.05, 0) is 18.8 Å². The standard InChI is InChI=1S/C11H18N4O/c1-8(2)4-3-5-13-10-6-9(11(12)16)14-7-15-10/h6-8H,3-5H2,1-2H3,(H2,12,16)(H,13,14,15). The summed E-state index contributed by atoms with van der Waals surface area (Å²) in [6.07, 6.45) is 3.58. The van der Waals surface area contributed by atoms with Crippen molar-refractivity contribution in [3.05, 3.63) is 18.1 Å². The van der Waals surface area contributed by atoms with Crippen molar-refractivity contribution < 1.29 is 4.79 Å². The average molecular weight is 222 g/mol. The van der Waals surface area contributed by atoms with Crippen LogP contribution in [0.25, 0.3) is 0 Å². The van der Waals surface area contributed by atoms with Gasteiger partial charge in [-0.1, -0.05) is 13.8 Å². The van der Waals surface area contributed by atoms with Gasteiger partial charge in [0.1, 0.15) is 17.8 Å². The lowest BCUT2D eigenvalue weighted by Crippen LogP contribution is -2.14. The van der Waals surface area contributed by atoms with E-state index in [1.54, 1.807) is 6.07 Å². The molecule has 0 aromatic carbocycles. The number of nitrogens with zero attached hydrogens (tertiary/aromatic N) is 2. The van der Waals surface area contributed by atoms with Gasteiger partial charge in [-0.15, -0.1) is 0 Å². The molecule has 0 unspecified atom stereocenters. The molecule has 0 atom stereocenters. The predicted molar refractivity (Wildman–Crippen MR) is 63.1 cm³/mol. The lowest BCUT2D eigenvalue weighted by molar-refractivity contribution is 0.0995. The first kappa shape index (κ1) is 12.4. The number of amides is 1. The van der Waals surface area contributed by atoms with Crippen LogP contribution in [0, 0.1) is 5.92 Å². The van der Waals surface area contributed by atoms with E-state index in [9.17, 15) is 4.79 Å². The highest BCUT2D eigenvalue weighted by Crippen LogP contribution is 2.06. The molecular weight excluding hydrogens is 204 g/mol. The van der Waals surface area contributed by atoms with Crippen LogP contribution in [0.15, 0.2) is 12.4 Å². The Balaban J connectivity index is 2.42. The Labute approximate surface area is 95.5 Å². The minimum absolute atomic E-state index is 0.237. The number of nitrogens with two attached hydrogens (primary N) is 1. The molecule has 0 aliphatic heterocycles. The van der Waals surface area contributed by atoms with Gasteiger partial charge in [0.15, 0.2) is 0 Å². The van der Waals surface area contributed by atoms with Crippen LogP contribution in [-0.2, 0) is 0 Å². The van der Waals surface area contributed by atoms with Crippen LogP contribution < -0.4 is 11.1 Å². The maximum atomic E-state index is 10.9. The van der Waals surface area contributed by atoms with Gasteiger partial charge in [-0.3, -0.25) is 4.79 Å². The number of rotatable bonds is 6. The largest absolute Gasteiger partial charge is 0.370 e. The number of anilines is 1. The fraction of sp³-hybridized carbons (Fsp3) is 0.545. The minimum atomic E-state index is -0.535. The smallest absolute Gasteiger partial charge is 0.267 e. The van der Waals surface area contributed by atoms with Crippen LogP contribution in [0.1, 0.15) is 37.2 Å². The highest BCUT2D eigenvalue weighted by Gasteiger charge is 2.03. The molecule has 0 aliphatic carbocycles. The first-order chi connectivity index (χ1) is 7.59. The fourth-order valence-corrected chi connectivity index (χ4v) is 1.32. The molecule has 5 nitrogen and oxygen atoms in total. The van der Waals surface area contributed by atoms with Crippen molar-refractivity contribution >= 4 is 11.7 Å². The Morgan fingerprint density at radius 1 is 1.50 bits per heavy atom. The third-order valence-electron chi connectivity index (χ3n) is 2.18. The van der Waals surface area contributed by atoms with Crippen LogP contribution in [0.2, 0.25) is 0 Å². The molecule has 5 heteroatoms. The summed E-state index contributed by atoms with van der Waals surface area (Å²) in [7, 11) is 0. The van der Waals surface area contributed by atoms with Gasteiger partial charge in [-0.2, -0.15) is 0 Å². The summed E-state index contributed by atoms with van der Waals surface area (Å²) in [6.45, 7) is 5.22. The Morgan fingerprint density at radius 3 is 2.88 bits per heavy atom. The molecule has 0 saturated carbocycles. The topological polar surface area (TPSA) is 80.9 Å². The number of hydrogen-bond acceptors (Lipinski definition) is 4. The summed E-state index contributed by atoms with van der Waals surface area (Å²) in [5.41, 5.74) is 5.36. The Hall–Kier alpha value is -1.65. The van der Waals surface area contributed by atoms with Gasteiger partial charge in [0.2, 0.25) is 0 Å².